The largest absolute Gasteiger partial charge is 0.465 e. The summed E-state index contributed by atoms with van der Waals surface area (Å²) in [4.78, 5) is 52.8. The van der Waals surface area contributed by atoms with Crippen LogP contribution in [0.1, 0.15) is 47.3 Å². The number of rotatable bonds is 13. The Bertz CT molecular complexity index is 1720. The van der Waals surface area contributed by atoms with Gasteiger partial charge in [-0.25, -0.2) is 0 Å². The Hall–Kier alpha value is -5.45. The van der Waals surface area contributed by atoms with Crippen LogP contribution >= 0.6 is 0 Å². The molecule has 0 fully saturated rings. The number of nitrogens with one attached hydrogen (secondary N) is 3. The fourth-order valence-electron chi connectivity index (χ4n) is 5.35. The number of esters is 1. The van der Waals surface area contributed by atoms with Gasteiger partial charge in [-0.15, -0.1) is 0 Å². The molecule has 8 nitrogen and oxygen atoms in total. The molecular formula is C37H36F3N3O5. The van der Waals surface area contributed by atoms with E-state index in [1.54, 1.807) is 92.7 Å². The summed E-state index contributed by atoms with van der Waals surface area (Å²) < 4.78 is 44.6. The van der Waals surface area contributed by atoms with E-state index < -0.39 is 40.8 Å². The molecule has 0 unspecified atom stereocenters. The first kappa shape index (κ1) is 35.4. The van der Waals surface area contributed by atoms with E-state index in [1.165, 1.54) is 12.1 Å². The summed E-state index contributed by atoms with van der Waals surface area (Å²) in [6, 6.07) is 26.3. The number of hydrogen-bond acceptors (Lipinski definition) is 5. The van der Waals surface area contributed by atoms with Crippen molar-refractivity contribution in [2.45, 2.75) is 38.3 Å². The molecule has 0 atom stereocenters. The van der Waals surface area contributed by atoms with Crippen molar-refractivity contribution in [3.05, 3.63) is 125 Å². The predicted octanol–water partition coefficient (Wildman–Crippen LogP) is 6.31. The van der Waals surface area contributed by atoms with Crippen LogP contribution in [0.2, 0.25) is 0 Å². The van der Waals surface area contributed by atoms with E-state index >= 15 is 0 Å². The van der Waals surface area contributed by atoms with Crippen molar-refractivity contribution in [2.24, 2.45) is 0 Å². The van der Waals surface area contributed by atoms with E-state index in [1.807, 2.05) is 0 Å². The third-order valence-corrected chi connectivity index (χ3v) is 7.68. The van der Waals surface area contributed by atoms with Crippen molar-refractivity contribution in [2.75, 3.05) is 25.0 Å². The quantitative estimate of drug-likeness (QED) is 0.115. The number of carbonyl (C=O) groups is 4. The normalized spacial score (nSPS) is 11.4. The lowest BCUT2D eigenvalue weighted by Crippen LogP contribution is -2.55. The number of benzene rings is 4. The maximum atomic E-state index is 13.3. The molecule has 0 bridgehead atoms. The molecule has 4 aromatic carbocycles. The van der Waals surface area contributed by atoms with Crippen molar-refractivity contribution in [3.8, 4) is 11.1 Å². The lowest BCUT2D eigenvalue weighted by atomic mass is 9.75. The second kappa shape index (κ2) is 15.9. The molecule has 0 saturated heterocycles. The standard InChI is InChI=1S/C37H36F3N3O5/c1-3-41-34(46)36(35(47)42-4-2,27-12-6-5-7-13-27)21-22-48-32(44)24-25-11-10-14-29(23-25)43-33(45)31-16-9-8-15-30(31)26-17-19-28(20-18-26)37(38,39)40/h5-20,23H,3-4,21-22,24H2,1-2H3,(H,41,46)(H,42,47)(H,43,45). The van der Waals surface area contributed by atoms with E-state index in [-0.39, 0.29) is 25.0 Å². The molecule has 0 aromatic heterocycles. The maximum absolute atomic E-state index is 13.3. The summed E-state index contributed by atoms with van der Waals surface area (Å²) >= 11 is 0. The first-order valence-corrected chi connectivity index (χ1v) is 15.4. The Labute approximate surface area is 276 Å². The van der Waals surface area contributed by atoms with Crippen LogP contribution in [0, 0.1) is 0 Å². The average molecular weight is 660 g/mol. The number of amides is 3. The number of anilines is 1. The van der Waals surface area contributed by atoms with Crippen LogP contribution in [-0.4, -0.2) is 43.4 Å². The van der Waals surface area contributed by atoms with Gasteiger partial charge in [0, 0.05) is 30.8 Å². The lowest BCUT2D eigenvalue weighted by Gasteiger charge is -2.31. The van der Waals surface area contributed by atoms with Crippen LogP contribution in [0.15, 0.2) is 103 Å². The maximum Gasteiger partial charge on any atom is 0.416 e. The number of alkyl halides is 3. The summed E-state index contributed by atoms with van der Waals surface area (Å²) in [6.45, 7) is 3.90. The molecule has 0 heterocycles. The summed E-state index contributed by atoms with van der Waals surface area (Å²) in [5.74, 6) is -2.08. The first-order chi connectivity index (χ1) is 23.0. The average Bonchev–Trinajstić information content (AvgIpc) is 3.07. The number of halogens is 3. The lowest BCUT2D eigenvalue weighted by molar-refractivity contribution is -0.147. The molecule has 0 aliphatic heterocycles. The topological polar surface area (TPSA) is 114 Å². The van der Waals surface area contributed by atoms with Gasteiger partial charge in [0.05, 0.1) is 18.6 Å². The van der Waals surface area contributed by atoms with Gasteiger partial charge in [0.1, 0.15) is 0 Å². The highest BCUT2D eigenvalue weighted by Crippen LogP contribution is 2.32. The Balaban J connectivity index is 1.44. The van der Waals surface area contributed by atoms with Gasteiger partial charge < -0.3 is 20.7 Å². The highest BCUT2D eigenvalue weighted by atomic mass is 19.4. The van der Waals surface area contributed by atoms with Crippen LogP contribution in [0.5, 0.6) is 0 Å². The number of likely N-dealkylation sites (N-methyl/N-ethyl adjacent to an activating group) is 2. The van der Waals surface area contributed by atoms with Crippen molar-refractivity contribution in [1.82, 2.24) is 10.6 Å². The number of carbonyl (C=O) groups excluding carboxylic acids is 4. The molecule has 4 aromatic rings. The number of hydrogen-bond donors (Lipinski definition) is 3. The highest BCUT2D eigenvalue weighted by molar-refractivity contribution is 6.11. The zero-order chi connectivity index (χ0) is 34.7. The number of ether oxygens (including phenoxy) is 1. The van der Waals surface area contributed by atoms with Crippen molar-refractivity contribution < 1.29 is 37.1 Å². The molecule has 11 heteroatoms. The van der Waals surface area contributed by atoms with Gasteiger partial charge in [0.2, 0.25) is 11.8 Å². The van der Waals surface area contributed by atoms with Crippen molar-refractivity contribution >= 4 is 29.4 Å². The Kier molecular flexibility index (Phi) is 11.7. The van der Waals surface area contributed by atoms with Gasteiger partial charge in [-0.1, -0.05) is 72.8 Å². The monoisotopic (exact) mass is 659 g/mol. The minimum absolute atomic E-state index is 0.0884. The molecule has 0 saturated carbocycles. The summed E-state index contributed by atoms with van der Waals surface area (Å²) in [5, 5.41) is 8.27. The van der Waals surface area contributed by atoms with E-state index in [2.05, 4.69) is 16.0 Å². The van der Waals surface area contributed by atoms with Crippen LogP contribution in [0.25, 0.3) is 11.1 Å². The van der Waals surface area contributed by atoms with Crippen LogP contribution in [-0.2, 0) is 37.1 Å². The van der Waals surface area contributed by atoms with E-state index in [0.717, 1.165) is 12.1 Å². The van der Waals surface area contributed by atoms with Crippen LogP contribution in [0.3, 0.4) is 0 Å². The first-order valence-electron chi connectivity index (χ1n) is 15.4. The smallest absolute Gasteiger partial charge is 0.416 e. The molecule has 0 aliphatic rings. The second-order valence-corrected chi connectivity index (χ2v) is 10.9. The molecule has 0 aliphatic carbocycles. The summed E-state index contributed by atoms with van der Waals surface area (Å²) in [7, 11) is 0. The van der Waals surface area contributed by atoms with Crippen molar-refractivity contribution in [3.63, 3.8) is 0 Å². The Morgan fingerprint density at radius 2 is 1.33 bits per heavy atom. The van der Waals surface area contributed by atoms with Gasteiger partial charge in [-0.2, -0.15) is 13.2 Å². The zero-order valence-corrected chi connectivity index (χ0v) is 26.5. The second-order valence-electron chi connectivity index (χ2n) is 10.9. The Morgan fingerprint density at radius 1 is 0.708 bits per heavy atom. The fraction of sp³-hybridized carbons (Fsp3) is 0.243. The minimum atomic E-state index is -4.48. The van der Waals surface area contributed by atoms with Gasteiger partial charge in [-0.3, -0.25) is 19.2 Å². The SMILES string of the molecule is CCNC(=O)C(CCOC(=O)Cc1cccc(NC(=O)c2ccccc2-c2ccc(C(F)(F)F)cc2)c1)(C(=O)NCC)c1ccccc1. The third-order valence-electron chi connectivity index (χ3n) is 7.68. The van der Waals surface area contributed by atoms with Gasteiger partial charge >= 0.3 is 12.1 Å². The fourth-order valence-corrected chi connectivity index (χ4v) is 5.35. The molecule has 0 spiro atoms. The molecule has 250 valence electrons. The molecule has 3 N–H and O–H groups in total. The summed E-state index contributed by atoms with van der Waals surface area (Å²) in [5.41, 5.74) is 0.149. The third kappa shape index (κ3) is 8.47. The molecule has 4 rings (SSSR count). The van der Waals surface area contributed by atoms with Gasteiger partial charge in [0.15, 0.2) is 5.41 Å². The zero-order valence-electron chi connectivity index (χ0n) is 26.5. The van der Waals surface area contributed by atoms with Crippen LogP contribution in [0.4, 0.5) is 18.9 Å². The van der Waals surface area contributed by atoms with E-state index in [0.29, 0.717) is 41.0 Å². The Morgan fingerprint density at radius 3 is 1.96 bits per heavy atom. The molecule has 48 heavy (non-hydrogen) atoms. The van der Waals surface area contributed by atoms with Gasteiger partial charge in [-0.05, 0) is 66.4 Å². The van der Waals surface area contributed by atoms with Crippen molar-refractivity contribution in [1.29, 1.82) is 0 Å². The molecule has 0 radical (unpaired) electrons. The summed E-state index contributed by atoms with van der Waals surface area (Å²) in [6.07, 6.45) is -4.71. The predicted molar refractivity (Wildman–Crippen MR) is 176 cm³/mol. The highest BCUT2D eigenvalue weighted by Gasteiger charge is 2.47. The molecule has 3 amide bonds. The van der Waals surface area contributed by atoms with E-state index in [9.17, 15) is 32.3 Å². The van der Waals surface area contributed by atoms with E-state index in [4.69, 9.17) is 4.74 Å². The van der Waals surface area contributed by atoms with Crippen LogP contribution < -0.4 is 16.0 Å². The minimum Gasteiger partial charge on any atom is -0.465 e. The molecular weight excluding hydrogens is 623 g/mol. The van der Waals surface area contributed by atoms with Gasteiger partial charge in [0.25, 0.3) is 5.91 Å².